The number of piperazine rings is 1. The van der Waals surface area contributed by atoms with Crippen molar-refractivity contribution >= 4 is 16.9 Å². The average molecular weight is 352 g/mol. The van der Waals surface area contributed by atoms with Gasteiger partial charge in [-0.3, -0.25) is 9.69 Å². The number of benzene rings is 2. The number of fused-ring (bicyclic) bond motifs is 1. The molecule has 1 aromatic heterocycles. The Morgan fingerprint density at radius 3 is 2.73 bits per heavy atom. The maximum atomic E-state index is 12.7. The van der Waals surface area contributed by atoms with E-state index in [-0.39, 0.29) is 5.91 Å². The van der Waals surface area contributed by atoms with E-state index in [9.17, 15) is 4.79 Å². The van der Waals surface area contributed by atoms with Crippen molar-refractivity contribution in [1.29, 1.82) is 0 Å². The van der Waals surface area contributed by atoms with Crippen molar-refractivity contribution in [1.82, 2.24) is 20.1 Å². The van der Waals surface area contributed by atoms with Gasteiger partial charge in [-0.05, 0) is 40.1 Å². The van der Waals surface area contributed by atoms with Gasteiger partial charge in [-0.15, -0.1) is 0 Å². The van der Waals surface area contributed by atoms with Crippen LogP contribution < -0.4 is 4.74 Å². The summed E-state index contributed by atoms with van der Waals surface area (Å²) < 4.78 is 10.0. The van der Waals surface area contributed by atoms with Gasteiger partial charge < -0.3 is 9.64 Å². The highest BCUT2D eigenvalue weighted by atomic mass is 16.6. The van der Waals surface area contributed by atoms with Crippen molar-refractivity contribution in [2.24, 2.45) is 0 Å². The van der Waals surface area contributed by atoms with Crippen LogP contribution in [-0.4, -0.2) is 59.3 Å². The van der Waals surface area contributed by atoms with Crippen LogP contribution in [-0.2, 0) is 6.54 Å². The molecule has 2 aromatic carbocycles. The quantitative estimate of drug-likeness (QED) is 0.717. The van der Waals surface area contributed by atoms with Gasteiger partial charge in [0.15, 0.2) is 0 Å². The predicted octanol–water partition coefficient (Wildman–Crippen LogP) is 2.19. The molecule has 0 saturated carbocycles. The fraction of sp³-hybridized carbons (Fsp3) is 0.316. The predicted molar refractivity (Wildman–Crippen MR) is 96.0 cm³/mol. The molecule has 1 saturated heterocycles. The zero-order valence-corrected chi connectivity index (χ0v) is 14.6. The SMILES string of the molecule is COc1cccc(C(=O)N2CCN(Cc3cccc4nonc34)CC2)c1. The van der Waals surface area contributed by atoms with Crippen molar-refractivity contribution in [3.63, 3.8) is 0 Å². The van der Waals surface area contributed by atoms with Crippen LogP contribution in [0.4, 0.5) is 0 Å². The Morgan fingerprint density at radius 1 is 1.12 bits per heavy atom. The van der Waals surface area contributed by atoms with Crippen molar-refractivity contribution in [2.75, 3.05) is 33.3 Å². The van der Waals surface area contributed by atoms with E-state index in [0.29, 0.717) is 24.4 Å². The first-order valence-electron chi connectivity index (χ1n) is 8.60. The summed E-state index contributed by atoms with van der Waals surface area (Å²) in [5, 5.41) is 7.88. The summed E-state index contributed by atoms with van der Waals surface area (Å²) in [6, 6.07) is 13.2. The molecule has 0 atom stereocenters. The summed E-state index contributed by atoms with van der Waals surface area (Å²) in [6.45, 7) is 3.80. The van der Waals surface area contributed by atoms with Gasteiger partial charge in [0, 0.05) is 38.3 Å². The van der Waals surface area contributed by atoms with Gasteiger partial charge in [0.1, 0.15) is 16.8 Å². The van der Waals surface area contributed by atoms with Crippen molar-refractivity contribution in [2.45, 2.75) is 6.54 Å². The molecular formula is C19H20N4O3. The van der Waals surface area contributed by atoms with Gasteiger partial charge in [-0.2, -0.15) is 0 Å². The van der Waals surface area contributed by atoms with E-state index in [1.807, 2.05) is 41.3 Å². The first-order chi connectivity index (χ1) is 12.7. The van der Waals surface area contributed by atoms with E-state index >= 15 is 0 Å². The first kappa shape index (κ1) is 16.5. The molecule has 0 spiro atoms. The smallest absolute Gasteiger partial charge is 0.254 e. The average Bonchev–Trinajstić information content (AvgIpc) is 3.18. The fourth-order valence-electron chi connectivity index (χ4n) is 3.28. The number of hydrogen-bond acceptors (Lipinski definition) is 6. The molecule has 26 heavy (non-hydrogen) atoms. The molecule has 0 radical (unpaired) electrons. The second kappa shape index (κ2) is 7.13. The molecule has 134 valence electrons. The Morgan fingerprint density at radius 2 is 1.92 bits per heavy atom. The monoisotopic (exact) mass is 352 g/mol. The minimum atomic E-state index is 0.0475. The molecule has 0 bridgehead atoms. The van der Waals surface area contributed by atoms with Crippen molar-refractivity contribution in [3.8, 4) is 5.75 Å². The van der Waals surface area contributed by atoms with E-state index in [0.717, 1.165) is 36.2 Å². The molecule has 3 aromatic rings. The van der Waals surface area contributed by atoms with Crippen molar-refractivity contribution in [3.05, 3.63) is 53.6 Å². The lowest BCUT2D eigenvalue weighted by atomic mass is 10.1. The molecule has 1 fully saturated rings. The van der Waals surface area contributed by atoms with Gasteiger partial charge in [0.25, 0.3) is 5.91 Å². The largest absolute Gasteiger partial charge is 0.497 e. The summed E-state index contributed by atoms with van der Waals surface area (Å²) in [5.41, 5.74) is 3.34. The minimum absolute atomic E-state index is 0.0475. The molecule has 4 rings (SSSR count). The number of carbonyl (C=O) groups is 1. The Labute approximate surface area is 151 Å². The van der Waals surface area contributed by atoms with Crippen LogP contribution >= 0.6 is 0 Å². The van der Waals surface area contributed by atoms with Gasteiger partial charge in [-0.1, -0.05) is 18.2 Å². The number of hydrogen-bond donors (Lipinski definition) is 0. The molecule has 0 N–H and O–H groups in total. The van der Waals surface area contributed by atoms with Crippen LogP contribution in [0.25, 0.3) is 11.0 Å². The summed E-state index contributed by atoms with van der Waals surface area (Å²) in [7, 11) is 1.60. The van der Waals surface area contributed by atoms with Crippen molar-refractivity contribution < 1.29 is 14.2 Å². The van der Waals surface area contributed by atoms with Gasteiger partial charge >= 0.3 is 0 Å². The Balaban J connectivity index is 1.39. The van der Waals surface area contributed by atoms with Gasteiger partial charge in [0.05, 0.1) is 7.11 Å². The lowest BCUT2D eigenvalue weighted by Gasteiger charge is -2.34. The molecule has 1 aliphatic rings. The molecule has 7 heteroatoms. The molecule has 1 aliphatic heterocycles. The summed E-state index contributed by atoms with van der Waals surface area (Å²) in [6.07, 6.45) is 0. The zero-order chi connectivity index (χ0) is 17.9. The number of rotatable bonds is 4. The van der Waals surface area contributed by atoms with E-state index in [1.54, 1.807) is 13.2 Å². The number of nitrogens with zero attached hydrogens (tertiary/aromatic N) is 4. The molecule has 1 amide bonds. The van der Waals surface area contributed by atoms with Gasteiger partial charge in [0.2, 0.25) is 0 Å². The standard InChI is InChI=1S/C19H20N4O3/c1-25-16-6-2-4-14(12-16)19(24)23-10-8-22(9-11-23)13-15-5-3-7-17-18(15)21-26-20-17/h2-7,12H,8-11,13H2,1H3. The third-order valence-electron chi connectivity index (χ3n) is 4.74. The number of ether oxygens (including phenoxy) is 1. The third kappa shape index (κ3) is 3.25. The highest BCUT2D eigenvalue weighted by molar-refractivity contribution is 5.94. The number of methoxy groups -OCH3 is 1. The Kier molecular flexibility index (Phi) is 4.53. The van der Waals surface area contributed by atoms with Crippen LogP contribution in [0.15, 0.2) is 47.1 Å². The lowest BCUT2D eigenvalue weighted by Crippen LogP contribution is -2.48. The maximum absolute atomic E-state index is 12.7. The highest BCUT2D eigenvalue weighted by Crippen LogP contribution is 2.19. The van der Waals surface area contributed by atoms with E-state index in [4.69, 9.17) is 9.37 Å². The Hall–Kier alpha value is -2.93. The topological polar surface area (TPSA) is 71.7 Å². The Bertz CT molecular complexity index is 916. The summed E-state index contributed by atoms with van der Waals surface area (Å²) in [4.78, 5) is 16.9. The molecule has 0 aliphatic carbocycles. The van der Waals surface area contributed by atoms with E-state index < -0.39 is 0 Å². The number of aromatic nitrogens is 2. The molecular weight excluding hydrogens is 332 g/mol. The third-order valence-corrected chi connectivity index (χ3v) is 4.74. The van der Waals surface area contributed by atoms with Crippen LogP contribution in [0, 0.1) is 0 Å². The second-order valence-electron chi connectivity index (χ2n) is 6.35. The molecule has 7 nitrogen and oxygen atoms in total. The van der Waals surface area contributed by atoms with E-state index in [2.05, 4.69) is 15.2 Å². The first-order valence-corrected chi connectivity index (χ1v) is 8.60. The normalized spacial score (nSPS) is 15.3. The zero-order valence-electron chi connectivity index (χ0n) is 14.6. The van der Waals surface area contributed by atoms with Crippen LogP contribution in [0.2, 0.25) is 0 Å². The minimum Gasteiger partial charge on any atom is -0.497 e. The fourth-order valence-corrected chi connectivity index (χ4v) is 3.28. The van der Waals surface area contributed by atoms with Crippen LogP contribution in [0.1, 0.15) is 15.9 Å². The van der Waals surface area contributed by atoms with Crippen LogP contribution in [0.5, 0.6) is 5.75 Å². The molecule has 2 heterocycles. The van der Waals surface area contributed by atoms with Crippen LogP contribution in [0.3, 0.4) is 0 Å². The maximum Gasteiger partial charge on any atom is 0.254 e. The highest BCUT2D eigenvalue weighted by Gasteiger charge is 2.23. The summed E-state index contributed by atoms with van der Waals surface area (Å²) >= 11 is 0. The van der Waals surface area contributed by atoms with E-state index in [1.165, 1.54) is 0 Å². The number of carbonyl (C=O) groups excluding carboxylic acids is 1. The second-order valence-corrected chi connectivity index (χ2v) is 6.35. The molecule has 0 unspecified atom stereocenters. The number of amides is 1. The lowest BCUT2D eigenvalue weighted by molar-refractivity contribution is 0.0628. The van der Waals surface area contributed by atoms with Gasteiger partial charge in [-0.25, -0.2) is 4.63 Å². The summed E-state index contributed by atoms with van der Waals surface area (Å²) in [5.74, 6) is 0.746.